The van der Waals surface area contributed by atoms with Crippen LogP contribution in [0.25, 0.3) is 0 Å². The summed E-state index contributed by atoms with van der Waals surface area (Å²) < 4.78 is 10.9. The molecule has 0 bridgehead atoms. The second kappa shape index (κ2) is 15.7. The Balaban J connectivity index is 1.46. The Morgan fingerprint density at radius 1 is 1.00 bits per heavy atom. The molecule has 2 heterocycles. The van der Waals surface area contributed by atoms with Crippen LogP contribution in [-0.2, 0) is 36.9 Å². The van der Waals surface area contributed by atoms with Crippen molar-refractivity contribution in [3.63, 3.8) is 0 Å². The van der Waals surface area contributed by atoms with E-state index in [0.29, 0.717) is 13.0 Å². The molecular formula is C32H39N3O7. The first-order chi connectivity index (χ1) is 20.4. The number of carbonyl (C=O) groups is 4. The van der Waals surface area contributed by atoms with Crippen molar-refractivity contribution >= 4 is 23.9 Å². The van der Waals surface area contributed by atoms with E-state index in [4.69, 9.17) is 9.47 Å². The number of benzene rings is 2. The molecule has 0 spiro atoms. The molecule has 10 heteroatoms. The molecule has 0 saturated carbocycles. The Morgan fingerprint density at radius 2 is 1.69 bits per heavy atom. The Hall–Kier alpha value is -4.18. The first-order valence-corrected chi connectivity index (χ1v) is 14.5. The summed E-state index contributed by atoms with van der Waals surface area (Å²) in [4.78, 5) is 53.8. The Labute approximate surface area is 246 Å². The molecule has 224 valence electrons. The summed E-state index contributed by atoms with van der Waals surface area (Å²) in [6.45, 7) is 0.406. The predicted octanol–water partition coefficient (Wildman–Crippen LogP) is 2.89. The second-order valence-corrected chi connectivity index (χ2v) is 10.7. The zero-order valence-corrected chi connectivity index (χ0v) is 23.7. The molecule has 0 radical (unpaired) electrons. The summed E-state index contributed by atoms with van der Waals surface area (Å²) in [5.74, 6) is -1.76. The average molecular weight is 578 g/mol. The summed E-state index contributed by atoms with van der Waals surface area (Å²) >= 11 is 0. The van der Waals surface area contributed by atoms with Crippen molar-refractivity contribution in [2.75, 3.05) is 19.8 Å². The van der Waals surface area contributed by atoms with Gasteiger partial charge in [0.05, 0.1) is 24.6 Å². The van der Waals surface area contributed by atoms with Gasteiger partial charge in [-0.15, -0.1) is 0 Å². The molecule has 1 fully saturated rings. The van der Waals surface area contributed by atoms with Crippen LogP contribution in [0.1, 0.15) is 43.2 Å². The van der Waals surface area contributed by atoms with Crippen molar-refractivity contribution in [3.8, 4) is 0 Å². The fourth-order valence-electron chi connectivity index (χ4n) is 5.23. The minimum Gasteiger partial charge on any atom is -0.462 e. The molecule has 4 atom stereocenters. The van der Waals surface area contributed by atoms with Gasteiger partial charge in [-0.05, 0) is 43.2 Å². The van der Waals surface area contributed by atoms with E-state index in [2.05, 4.69) is 10.6 Å². The van der Waals surface area contributed by atoms with Crippen molar-refractivity contribution in [3.05, 3.63) is 83.9 Å². The third-order valence-corrected chi connectivity index (χ3v) is 7.55. The third kappa shape index (κ3) is 9.17. The van der Waals surface area contributed by atoms with E-state index < -0.39 is 30.1 Å². The highest BCUT2D eigenvalue weighted by molar-refractivity contribution is 5.86. The zero-order chi connectivity index (χ0) is 29.7. The van der Waals surface area contributed by atoms with E-state index in [1.807, 2.05) is 60.7 Å². The number of hydrogen-bond acceptors (Lipinski definition) is 7. The highest BCUT2D eigenvalue weighted by Crippen LogP contribution is 2.21. The summed E-state index contributed by atoms with van der Waals surface area (Å²) in [6.07, 6.45) is 5.07. The van der Waals surface area contributed by atoms with E-state index in [1.165, 1.54) is 0 Å². The van der Waals surface area contributed by atoms with Gasteiger partial charge in [0.25, 0.3) is 0 Å². The SMILES string of the molecule is O=C(N[C@@H]1CC=CC[C@H](CC(=O)N2CCC[C@H]2CO)C(=O)N[C@H](Cc2ccccc2)COC1=O)OCc1ccccc1. The van der Waals surface area contributed by atoms with Crippen LogP contribution >= 0.6 is 0 Å². The van der Waals surface area contributed by atoms with Gasteiger partial charge in [-0.3, -0.25) is 9.59 Å². The summed E-state index contributed by atoms with van der Waals surface area (Å²) in [7, 11) is 0. The number of ether oxygens (including phenoxy) is 2. The van der Waals surface area contributed by atoms with Crippen molar-refractivity contribution in [2.24, 2.45) is 5.92 Å². The molecule has 0 aliphatic carbocycles. The highest BCUT2D eigenvalue weighted by Gasteiger charge is 2.32. The Bertz CT molecular complexity index is 1220. The van der Waals surface area contributed by atoms with E-state index >= 15 is 0 Å². The number of cyclic esters (lactones) is 1. The first-order valence-electron chi connectivity index (χ1n) is 14.5. The van der Waals surface area contributed by atoms with E-state index in [0.717, 1.165) is 24.0 Å². The highest BCUT2D eigenvalue weighted by atomic mass is 16.6. The minimum atomic E-state index is -0.993. The maximum Gasteiger partial charge on any atom is 0.408 e. The van der Waals surface area contributed by atoms with Gasteiger partial charge in [-0.2, -0.15) is 0 Å². The lowest BCUT2D eigenvalue weighted by molar-refractivity contribution is -0.147. The number of amides is 3. The van der Waals surface area contributed by atoms with Crippen LogP contribution in [0, 0.1) is 5.92 Å². The molecule has 4 rings (SSSR count). The number of nitrogens with one attached hydrogen (secondary N) is 2. The van der Waals surface area contributed by atoms with E-state index in [9.17, 15) is 24.3 Å². The van der Waals surface area contributed by atoms with E-state index in [1.54, 1.807) is 17.1 Å². The normalized spacial score (nSPS) is 23.2. The van der Waals surface area contributed by atoms with Gasteiger partial charge in [-0.1, -0.05) is 72.8 Å². The minimum absolute atomic E-state index is 0.00198. The van der Waals surface area contributed by atoms with Crippen LogP contribution in [0.3, 0.4) is 0 Å². The summed E-state index contributed by atoms with van der Waals surface area (Å²) in [5, 5.41) is 15.2. The standard InChI is InChI=1S/C32H39N3O7/c36-20-27-15-9-17-35(27)29(37)19-25-14-7-8-16-28(34-32(40)42-21-24-12-5-2-6-13-24)31(39)41-22-26(33-30(25)38)18-23-10-3-1-4-11-23/h1-8,10-13,25-28,36H,9,14-22H2,(H,33,38)(H,34,40)/t25-,26-,27+,28-/m1/s1. The number of nitrogens with zero attached hydrogens (tertiary/aromatic N) is 1. The maximum absolute atomic E-state index is 13.4. The van der Waals surface area contributed by atoms with Crippen molar-refractivity contribution in [2.45, 2.75) is 63.3 Å². The second-order valence-electron chi connectivity index (χ2n) is 10.7. The third-order valence-electron chi connectivity index (χ3n) is 7.55. The molecule has 3 N–H and O–H groups in total. The molecule has 3 amide bonds. The van der Waals surface area contributed by atoms with Gasteiger partial charge in [0, 0.05) is 13.0 Å². The Morgan fingerprint density at radius 3 is 2.40 bits per heavy atom. The molecule has 2 aromatic carbocycles. The van der Waals surface area contributed by atoms with Crippen molar-refractivity contribution < 1.29 is 33.8 Å². The van der Waals surface area contributed by atoms with Crippen LogP contribution in [0.2, 0.25) is 0 Å². The smallest absolute Gasteiger partial charge is 0.408 e. The fourth-order valence-corrected chi connectivity index (χ4v) is 5.23. The van der Waals surface area contributed by atoms with Gasteiger partial charge in [0.15, 0.2) is 0 Å². The monoisotopic (exact) mass is 577 g/mol. The molecule has 1 saturated heterocycles. The number of allylic oxidation sites excluding steroid dienone is 1. The predicted molar refractivity (Wildman–Crippen MR) is 155 cm³/mol. The Kier molecular flexibility index (Phi) is 11.5. The number of esters is 1. The summed E-state index contributed by atoms with van der Waals surface area (Å²) in [6, 6.07) is 16.9. The van der Waals surface area contributed by atoms with Crippen LogP contribution in [0.15, 0.2) is 72.8 Å². The zero-order valence-electron chi connectivity index (χ0n) is 23.7. The van der Waals surface area contributed by atoms with Crippen molar-refractivity contribution in [1.82, 2.24) is 15.5 Å². The van der Waals surface area contributed by atoms with Gasteiger partial charge in [0.1, 0.15) is 19.3 Å². The lowest BCUT2D eigenvalue weighted by Gasteiger charge is -2.27. The number of hydrogen-bond donors (Lipinski definition) is 3. The molecule has 0 unspecified atom stereocenters. The van der Waals surface area contributed by atoms with Crippen LogP contribution < -0.4 is 10.6 Å². The number of carbonyl (C=O) groups excluding carboxylic acids is 4. The van der Waals surface area contributed by atoms with Crippen molar-refractivity contribution in [1.29, 1.82) is 0 Å². The number of likely N-dealkylation sites (tertiary alicyclic amines) is 1. The molecule has 2 aromatic rings. The lowest BCUT2D eigenvalue weighted by Crippen LogP contribution is -2.47. The van der Waals surface area contributed by atoms with Gasteiger partial charge in [-0.25, -0.2) is 9.59 Å². The maximum atomic E-state index is 13.4. The fraction of sp³-hybridized carbons (Fsp3) is 0.438. The van der Waals surface area contributed by atoms with E-state index in [-0.39, 0.29) is 56.9 Å². The molecule has 0 aromatic heterocycles. The molecular weight excluding hydrogens is 538 g/mol. The summed E-state index contributed by atoms with van der Waals surface area (Å²) in [5.41, 5.74) is 1.76. The number of alkyl carbamates (subject to hydrolysis) is 1. The van der Waals surface area contributed by atoms with Crippen LogP contribution in [0.5, 0.6) is 0 Å². The van der Waals surface area contributed by atoms with Crippen LogP contribution in [-0.4, -0.2) is 71.8 Å². The largest absolute Gasteiger partial charge is 0.462 e. The topological polar surface area (TPSA) is 134 Å². The first kappa shape index (κ1) is 30.8. The molecule has 2 aliphatic rings. The quantitative estimate of drug-likeness (QED) is 0.325. The number of aliphatic hydroxyl groups excluding tert-OH is 1. The number of aliphatic hydroxyl groups is 1. The molecule has 42 heavy (non-hydrogen) atoms. The lowest BCUT2D eigenvalue weighted by atomic mass is 9.97. The molecule has 2 aliphatic heterocycles. The van der Waals surface area contributed by atoms with Gasteiger partial charge < -0.3 is 30.1 Å². The van der Waals surface area contributed by atoms with Gasteiger partial charge >= 0.3 is 12.1 Å². The number of rotatable bonds is 8. The average Bonchev–Trinajstić information content (AvgIpc) is 3.49. The molecule has 10 nitrogen and oxygen atoms in total. The van der Waals surface area contributed by atoms with Gasteiger partial charge in [0.2, 0.25) is 11.8 Å². The van der Waals surface area contributed by atoms with Crippen LogP contribution in [0.4, 0.5) is 4.79 Å².